The molecule has 1 aromatic carbocycles. The molecule has 1 aliphatic carbocycles. The Morgan fingerprint density at radius 3 is 2.33 bits per heavy atom. The first kappa shape index (κ1) is 15.9. The van der Waals surface area contributed by atoms with Gasteiger partial charge < -0.3 is 9.47 Å². The van der Waals surface area contributed by atoms with Gasteiger partial charge in [0.15, 0.2) is 0 Å². The highest BCUT2D eigenvalue weighted by atomic mass is 16.5. The van der Waals surface area contributed by atoms with Gasteiger partial charge in [-0.25, -0.2) is 0 Å². The Kier molecular flexibility index (Phi) is 6.07. The minimum absolute atomic E-state index is 0.429. The summed E-state index contributed by atoms with van der Waals surface area (Å²) in [5.41, 5.74) is 0.659. The highest BCUT2D eigenvalue weighted by molar-refractivity contribution is 5.34. The summed E-state index contributed by atoms with van der Waals surface area (Å²) in [6.45, 7) is 6.06. The Labute approximate surface area is 127 Å². The molecule has 0 aromatic heterocycles. The fourth-order valence-electron chi connectivity index (χ4n) is 3.13. The average molecular weight is 287 g/mol. The molecule has 0 heterocycles. The van der Waals surface area contributed by atoms with Crippen molar-refractivity contribution >= 4 is 0 Å². The lowest BCUT2D eigenvalue weighted by Gasteiger charge is -2.31. The van der Waals surface area contributed by atoms with Crippen LogP contribution in [0.1, 0.15) is 45.1 Å². The van der Waals surface area contributed by atoms with E-state index in [0.717, 1.165) is 30.6 Å². The number of rotatable bonds is 6. The van der Waals surface area contributed by atoms with Crippen LogP contribution in [-0.4, -0.2) is 19.3 Å². The van der Waals surface area contributed by atoms with Gasteiger partial charge in [-0.05, 0) is 55.4 Å². The minimum Gasteiger partial charge on any atom is -0.494 e. The molecule has 2 unspecified atom stereocenters. The first-order valence-corrected chi connectivity index (χ1v) is 7.92. The molecule has 0 aliphatic heterocycles. The third-order valence-electron chi connectivity index (χ3n) is 4.03. The predicted octanol–water partition coefficient (Wildman–Crippen LogP) is 4.17. The summed E-state index contributed by atoms with van der Waals surface area (Å²) < 4.78 is 11.6. The highest BCUT2D eigenvalue weighted by Crippen LogP contribution is 2.30. The Morgan fingerprint density at radius 1 is 1.05 bits per heavy atom. The number of nitrogens with zero attached hydrogens (tertiary/aromatic N) is 1. The summed E-state index contributed by atoms with van der Waals surface area (Å²) in [6, 6.07) is 9.32. The normalized spacial score (nSPS) is 25.3. The van der Waals surface area contributed by atoms with E-state index in [2.05, 4.69) is 19.9 Å². The second-order valence-electron chi connectivity index (χ2n) is 6.25. The van der Waals surface area contributed by atoms with Crippen LogP contribution < -0.4 is 4.74 Å². The fourth-order valence-corrected chi connectivity index (χ4v) is 3.13. The van der Waals surface area contributed by atoms with E-state index >= 15 is 0 Å². The van der Waals surface area contributed by atoms with E-state index in [1.54, 1.807) is 12.1 Å². The average Bonchev–Trinajstić information content (AvgIpc) is 2.46. The van der Waals surface area contributed by atoms with Gasteiger partial charge in [0.25, 0.3) is 0 Å². The lowest BCUT2D eigenvalue weighted by atomic mass is 9.82. The molecule has 1 aliphatic rings. The number of benzene rings is 1. The third-order valence-corrected chi connectivity index (χ3v) is 4.03. The zero-order chi connectivity index (χ0) is 15.1. The maximum atomic E-state index is 8.73. The molecule has 21 heavy (non-hydrogen) atoms. The van der Waals surface area contributed by atoms with Crippen molar-refractivity contribution in [1.82, 2.24) is 0 Å². The van der Waals surface area contributed by atoms with Crippen molar-refractivity contribution in [3.05, 3.63) is 29.8 Å². The van der Waals surface area contributed by atoms with Gasteiger partial charge in [-0.3, -0.25) is 0 Å². The van der Waals surface area contributed by atoms with Gasteiger partial charge in [0.2, 0.25) is 0 Å². The van der Waals surface area contributed by atoms with Gasteiger partial charge in [0.1, 0.15) is 5.75 Å². The van der Waals surface area contributed by atoms with Crippen molar-refractivity contribution in [3.63, 3.8) is 0 Å². The maximum Gasteiger partial charge on any atom is 0.119 e. The largest absolute Gasteiger partial charge is 0.494 e. The highest BCUT2D eigenvalue weighted by Gasteiger charge is 2.24. The Balaban J connectivity index is 1.60. The predicted molar refractivity (Wildman–Crippen MR) is 83.2 cm³/mol. The summed E-state index contributed by atoms with van der Waals surface area (Å²) in [7, 11) is 0. The molecular formula is C18H25NO2. The van der Waals surface area contributed by atoms with Crippen molar-refractivity contribution < 1.29 is 9.47 Å². The SMILES string of the molecule is CC1CC(C)CC(OCCCOc2ccc(C#N)cc2)C1. The van der Waals surface area contributed by atoms with Crippen LogP contribution in [0, 0.1) is 23.2 Å². The Hall–Kier alpha value is -1.53. The summed E-state index contributed by atoms with van der Waals surface area (Å²) >= 11 is 0. The Morgan fingerprint density at radius 2 is 1.71 bits per heavy atom. The maximum absolute atomic E-state index is 8.73. The molecule has 0 amide bonds. The second kappa shape index (κ2) is 8.05. The topological polar surface area (TPSA) is 42.2 Å². The third kappa shape index (κ3) is 5.40. The van der Waals surface area contributed by atoms with Crippen molar-refractivity contribution in [1.29, 1.82) is 5.26 Å². The number of hydrogen-bond donors (Lipinski definition) is 0. The van der Waals surface area contributed by atoms with Gasteiger partial charge in [0.05, 0.1) is 31.0 Å². The van der Waals surface area contributed by atoms with E-state index in [0.29, 0.717) is 18.3 Å². The summed E-state index contributed by atoms with van der Waals surface area (Å²) in [6.07, 6.45) is 5.06. The quantitative estimate of drug-likeness (QED) is 0.737. The van der Waals surface area contributed by atoms with Crippen LogP contribution in [0.4, 0.5) is 0 Å². The lowest BCUT2D eigenvalue weighted by Crippen LogP contribution is -2.26. The summed E-state index contributed by atoms with van der Waals surface area (Å²) in [4.78, 5) is 0. The van der Waals surface area contributed by atoms with Crippen LogP contribution in [0.25, 0.3) is 0 Å². The second-order valence-corrected chi connectivity index (χ2v) is 6.25. The molecule has 1 saturated carbocycles. The van der Waals surface area contributed by atoms with E-state index in [9.17, 15) is 0 Å². The number of nitriles is 1. The molecule has 1 fully saturated rings. The van der Waals surface area contributed by atoms with E-state index < -0.39 is 0 Å². The molecule has 3 nitrogen and oxygen atoms in total. The molecule has 0 radical (unpaired) electrons. The van der Waals surface area contributed by atoms with Crippen LogP contribution in [-0.2, 0) is 4.74 Å². The van der Waals surface area contributed by atoms with Gasteiger partial charge in [-0.1, -0.05) is 13.8 Å². The monoisotopic (exact) mass is 287 g/mol. The van der Waals surface area contributed by atoms with E-state index in [1.807, 2.05) is 12.1 Å². The zero-order valence-corrected chi connectivity index (χ0v) is 13.0. The van der Waals surface area contributed by atoms with Crippen molar-refractivity contribution in [2.24, 2.45) is 11.8 Å². The number of ether oxygens (including phenoxy) is 2. The summed E-state index contributed by atoms with van der Waals surface area (Å²) in [5, 5.41) is 8.73. The molecule has 0 spiro atoms. The lowest BCUT2D eigenvalue weighted by molar-refractivity contribution is -0.00320. The Bertz CT molecular complexity index is 453. The van der Waals surface area contributed by atoms with Crippen LogP contribution in [0.3, 0.4) is 0 Å². The fraction of sp³-hybridized carbons (Fsp3) is 0.611. The van der Waals surface area contributed by atoms with Gasteiger partial charge >= 0.3 is 0 Å². The first-order chi connectivity index (χ1) is 10.2. The molecule has 2 rings (SSSR count). The van der Waals surface area contributed by atoms with Crippen molar-refractivity contribution in [2.45, 2.75) is 45.6 Å². The van der Waals surface area contributed by atoms with Crippen LogP contribution >= 0.6 is 0 Å². The molecule has 114 valence electrons. The van der Waals surface area contributed by atoms with Gasteiger partial charge in [0, 0.05) is 6.42 Å². The standard InChI is InChI=1S/C18H25NO2/c1-14-10-15(2)12-18(11-14)21-9-3-8-20-17-6-4-16(13-19)5-7-17/h4-7,14-15,18H,3,8-12H2,1-2H3. The molecule has 0 saturated heterocycles. The van der Waals surface area contributed by atoms with E-state index in [-0.39, 0.29) is 0 Å². The molecule has 1 aromatic rings. The van der Waals surface area contributed by atoms with Gasteiger partial charge in [-0.2, -0.15) is 5.26 Å². The zero-order valence-electron chi connectivity index (χ0n) is 13.0. The first-order valence-electron chi connectivity index (χ1n) is 7.92. The van der Waals surface area contributed by atoms with Crippen LogP contribution in [0.5, 0.6) is 5.75 Å². The molecule has 3 heteroatoms. The van der Waals surface area contributed by atoms with Crippen molar-refractivity contribution in [3.8, 4) is 11.8 Å². The van der Waals surface area contributed by atoms with Crippen LogP contribution in [0.2, 0.25) is 0 Å². The smallest absolute Gasteiger partial charge is 0.119 e. The van der Waals surface area contributed by atoms with Crippen LogP contribution in [0.15, 0.2) is 24.3 Å². The molecular weight excluding hydrogens is 262 g/mol. The van der Waals surface area contributed by atoms with E-state index in [4.69, 9.17) is 14.7 Å². The molecule has 0 bridgehead atoms. The number of hydrogen-bond acceptors (Lipinski definition) is 3. The van der Waals surface area contributed by atoms with Crippen molar-refractivity contribution in [2.75, 3.05) is 13.2 Å². The molecule has 2 atom stereocenters. The molecule has 0 N–H and O–H groups in total. The van der Waals surface area contributed by atoms with Gasteiger partial charge in [-0.15, -0.1) is 0 Å². The minimum atomic E-state index is 0.429. The summed E-state index contributed by atoms with van der Waals surface area (Å²) in [5.74, 6) is 2.39. The van der Waals surface area contributed by atoms with E-state index in [1.165, 1.54) is 19.3 Å².